The van der Waals surface area contributed by atoms with Gasteiger partial charge < -0.3 is 13.9 Å². The molecule has 0 bridgehead atoms. The molecule has 0 spiro atoms. The van der Waals surface area contributed by atoms with E-state index in [0.717, 1.165) is 18.4 Å². The standard InChI is InChI=1S/C19H19N3O5S2/c23-29(24,15-3-4-16-17(10-15)26-8-7-25-16)22-6-1-2-13(11-22)18-20-21-19(27-18)14-5-9-28-12-14/h3-5,9-10,12-13H,1-2,6-8,11H2. The van der Waals surface area contributed by atoms with Crippen molar-refractivity contribution < 1.29 is 22.3 Å². The summed E-state index contributed by atoms with van der Waals surface area (Å²) in [7, 11) is -3.66. The van der Waals surface area contributed by atoms with Crippen molar-refractivity contribution in [1.29, 1.82) is 0 Å². The number of piperidine rings is 1. The second-order valence-electron chi connectivity index (χ2n) is 6.97. The Labute approximate surface area is 172 Å². The number of aromatic nitrogens is 2. The molecule has 29 heavy (non-hydrogen) atoms. The first-order valence-electron chi connectivity index (χ1n) is 9.37. The van der Waals surface area contributed by atoms with E-state index in [1.807, 2.05) is 16.8 Å². The van der Waals surface area contributed by atoms with Crippen LogP contribution in [-0.4, -0.2) is 49.2 Å². The fourth-order valence-corrected chi connectivity index (χ4v) is 5.77. The van der Waals surface area contributed by atoms with Crippen LogP contribution in [0.5, 0.6) is 11.5 Å². The Bertz CT molecular complexity index is 1110. The lowest BCUT2D eigenvalue weighted by atomic mass is 10.00. The first-order valence-corrected chi connectivity index (χ1v) is 11.8. The molecule has 2 aliphatic rings. The number of rotatable bonds is 4. The van der Waals surface area contributed by atoms with Crippen molar-refractivity contribution in [2.24, 2.45) is 0 Å². The van der Waals surface area contributed by atoms with Crippen LogP contribution in [0.15, 0.2) is 44.3 Å². The molecule has 152 valence electrons. The normalized spacial score (nSPS) is 19.9. The van der Waals surface area contributed by atoms with Gasteiger partial charge in [-0.15, -0.1) is 10.2 Å². The Morgan fingerprint density at radius 2 is 1.97 bits per heavy atom. The van der Waals surface area contributed by atoms with Crippen molar-refractivity contribution in [3.8, 4) is 23.0 Å². The highest BCUT2D eigenvalue weighted by Gasteiger charge is 2.34. The van der Waals surface area contributed by atoms with Gasteiger partial charge >= 0.3 is 0 Å². The first-order chi connectivity index (χ1) is 14.1. The molecule has 4 heterocycles. The van der Waals surface area contributed by atoms with Crippen LogP contribution in [0.3, 0.4) is 0 Å². The predicted octanol–water partition coefficient (Wildman–Crippen LogP) is 3.14. The highest BCUT2D eigenvalue weighted by atomic mass is 32.2. The van der Waals surface area contributed by atoms with Gasteiger partial charge in [0.15, 0.2) is 11.5 Å². The Kier molecular flexibility index (Phi) is 4.76. The summed E-state index contributed by atoms with van der Waals surface area (Å²) in [6.45, 7) is 1.64. The molecule has 2 aliphatic heterocycles. The Balaban J connectivity index is 1.37. The maximum absolute atomic E-state index is 13.2. The smallest absolute Gasteiger partial charge is 0.248 e. The number of ether oxygens (including phenoxy) is 2. The third-order valence-electron chi connectivity index (χ3n) is 5.09. The summed E-state index contributed by atoms with van der Waals surface area (Å²) in [5.41, 5.74) is 0.880. The van der Waals surface area contributed by atoms with Crippen LogP contribution in [0.2, 0.25) is 0 Å². The fourth-order valence-electron chi connectivity index (χ4n) is 3.60. The second kappa shape index (κ2) is 7.43. The topological polar surface area (TPSA) is 94.8 Å². The number of nitrogens with zero attached hydrogens (tertiary/aromatic N) is 3. The molecule has 1 saturated heterocycles. The summed E-state index contributed by atoms with van der Waals surface area (Å²) >= 11 is 1.56. The maximum atomic E-state index is 13.2. The summed E-state index contributed by atoms with van der Waals surface area (Å²) in [4.78, 5) is 0.201. The molecular weight excluding hydrogens is 414 g/mol. The predicted molar refractivity (Wildman–Crippen MR) is 106 cm³/mol. The number of hydrogen-bond acceptors (Lipinski definition) is 8. The minimum absolute atomic E-state index is 0.129. The average molecular weight is 434 g/mol. The lowest BCUT2D eigenvalue weighted by molar-refractivity contribution is 0.171. The van der Waals surface area contributed by atoms with Crippen molar-refractivity contribution in [3.63, 3.8) is 0 Å². The van der Waals surface area contributed by atoms with E-state index in [1.54, 1.807) is 23.5 Å². The third kappa shape index (κ3) is 3.52. The van der Waals surface area contributed by atoms with Gasteiger partial charge in [-0.1, -0.05) is 0 Å². The molecule has 3 aromatic rings. The number of thiophene rings is 1. The minimum atomic E-state index is -3.66. The van der Waals surface area contributed by atoms with Gasteiger partial charge in [0.05, 0.1) is 10.8 Å². The van der Waals surface area contributed by atoms with E-state index in [9.17, 15) is 8.42 Å². The summed E-state index contributed by atoms with van der Waals surface area (Å²) in [5.74, 6) is 1.85. The Morgan fingerprint density at radius 3 is 2.79 bits per heavy atom. The van der Waals surface area contributed by atoms with E-state index in [1.165, 1.54) is 10.4 Å². The van der Waals surface area contributed by atoms with Gasteiger partial charge in [0.25, 0.3) is 0 Å². The molecule has 0 amide bonds. The summed E-state index contributed by atoms with van der Waals surface area (Å²) in [5, 5.41) is 12.2. The maximum Gasteiger partial charge on any atom is 0.248 e. The largest absolute Gasteiger partial charge is 0.486 e. The summed E-state index contributed by atoms with van der Waals surface area (Å²) < 4.78 is 44.8. The van der Waals surface area contributed by atoms with Crippen LogP contribution in [0.25, 0.3) is 11.5 Å². The van der Waals surface area contributed by atoms with E-state index < -0.39 is 10.0 Å². The molecule has 10 heteroatoms. The lowest BCUT2D eigenvalue weighted by Crippen LogP contribution is -2.39. The molecule has 5 rings (SSSR count). The third-order valence-corrected chi connectivity index (χ3v) is 7.64. The van der Waals surface area contributed by atoms with E-state index >= 15 is 0 Å². The van der Waals surface area contributed by atoms with Crippen LogP contribution in [0.4, 0.5) is 0 Å². The number of benzene rings is 1. The van der Waals surface area contributed by atoms with E-state index in [-0.39, 0.29) is 10.8 Å². The molecule has 1 unspecified atom stereocenters. The minimum Gasteiger partial charge on any atom is -0.486 e. The van der Waals surface area contributed by atoms with Crippen molar-refractivity contribution in [3.05, 3.63) is 40.9 Å². The van der Waals surface area contributed by atoms with Crippen molar-refractivity contribution >= 4 is 21.4 Å². The van der Waals surface area contributed by atoms with Crippen LogP contribution >= 0.6 is 11.3 Å². The van der Waals surface area contributed by atoms with E-state index in [0.29, 0.717) is 49.6 Å². The van der Waals surface area contributed by atoms with Gasteiger partial charge in [-0.3, -0.25) is 0 Å². The van der Waals surface area contributed by atoms with Gasteiger partial charge in [-0.2, -0.15) is 15.6 Å². The van der Waals surface area contributed by atoms with Crippen LogP contribution in [0.1, 0.15) is 24.7 Å². The van der Waals surface area contributed by atoms with Gasteiger partial charge in [0.2, 0.25) is 21.8 Å². The van der Waals surface area contributed by atoms with Gasteiger partial charge in [-0.05, 0) is 36.4 Å². The lowest BCUT2D eigenvalue weighted by Gasteiger charge is -2.30. The van der Waals surface area contributed by atoms with Crippen molar-refractivity contribution in [1.82, 2.24) is 14.5 Å². The molecule has 1 aromatic carbocycles. The molecule has 0 radical (unpaired) electrons. The molecule has 8 nitrogen and oxygen atoms in total. The zero-order chi connectivity index (χ0) is 19.8. The molecule has 0 aliphatic carbocycles. The first kappa shape index (κ1) is 18.6. The molecular formula is C19H19N3O5S2. The molecule has 0 N–H and O–H groups in total. The molecule has 1 atom stereocenters. The number of hydrogen-bond donors (Lipinski definition) is 0. The number of fused-ring (bicyclic) bond motifs is 1. The monoisotopic (exact) mass is 433 g/mol. The highest BCUT2D eigenvalue weighted by Crippen LogP contribution is 2.35. The molecule has 0 saturated carbocycles. The second-order valence-corrected chi connectivity index (χ2v) is 9.68. The zero-order valence-corrected chi connectivity index (χ0v) is 17.1. The van der Waals surface area contributed by atoms with Gasteiger partial charge in [-0.25, -0.2) is 8.42 Å². The van der Waals surface area contributed by atoms with Crippen molar-refractivity contribution in [2.75, 3.05) is 26.3 Å². The fraction of sp³-hybridized carbons (Fsp3) is 0.368. The molecule has 1 fully saturated rings. The van der Waals surface area contributed by atoms with E-state index in [4.69, 9.17) is 13.9 Å². The van der Waals surface area contributed by atoms with Crippen LogP contribution < -0.4 is 9.47 Å². The quantitative estimate of drug-likeness (QED) is 0.624. The van der Waals surface area contributed by atoms with E-state index in [2.05, 4.69) is 10.2 Å². The van der Waals surface area contributed by atoms with Gasteiger partial charge in [0, 0.05) is 30.1 Å². The highest BCUT2D eigenvalue weighted by molar-refractivity contribution is 7.89. The zero-order valence-electron chi connectivity index (χ0n) is 15.5. The average Bonchev–Trinajstić information content (AvgIpc) is 3.45. The molecule has 2 aromatic heterocycles. The van der Waals surface area contributed by atoms with Crippen LogP contribution in [0, 0.1) is 0 Å². The van der Waals surface area contributed by atoms with Gasteiger partial charge in [0.1, 0.15) is 13.2 Å². The van der Waals surface area contributed by atoms with Crippen molar-refractivity contribution in [2.45, 2.75) is 23.7 Å². The summed E-state index contributed by atoms with van der Waals surface area (Å²) in [6, 6.07) is 6.66. The Hall–Kier alpha value is -2.43. The summed E-state index contributed by atoms with van der Waals surface area (Å²) in [6.07, 6.45) is 1.53. The Morgan fingerprint density at radius 1 is 1.10 bits per heavy atom. The number of sulfonamides is 1. The SMILES string of the molecule is O=S(=O)(c1ccc2c(c1)OCCO2)N1CCCC(c2nnc(-c3ccsc3)o2)C1. The van der Waals surface area contributed by atoms with Crippen LogP contribution in [-0.2, 0) is 10.0 Å².